The van der Waals surface area contributed by atoms with Crippen LogP contribution in [-0.2, 0) is 13.3 Å². The Morgan fingerprint density at radius 2 is 1.06 bits per heavy atom. The molecule has 0 fully saturated rings. The molecule has 3 nitrogen and oxygen atoms in total. The molecule has 0 N–H and O–H groups in total. The van der Waals surface area contributed by atoms with Crippen LogP contribution in [0.1, 0.15) is 41.5 Å². The maximum Gasteiger partial charge on any atom is 0.322 e. The second-order valence-electron chi connectivity index (χ2n) is 6.83. The molecule has 0 aliphatic rings. The fourth-order valence-electron chi connectivity index (χ4n) is 0.727. The minimum absolute atomic E-state index is 0.239. The van der Waals surface area contributed by atoms with Gasteiger partial charge in [0.05, 0.1) is 11.2 Å². The molecule has 0 aliphatic heterocycles. The first kappa shape index (κ1) is 16.5. The van der Waals surface area contributed by atoms with Crippen LogP contribution < -0.4 is 0 Å². The minimum atomic E-state index is -1.64. The van der Waals surface area contributed by atoms with E-state index in [2.05, 4.69) is 19.6 Å². The highest BCUT2D eigenvalue weighted by Crippen LogP contribution is 2.49. The van der Waals surface area contributed by atoms with Crippen molar-refractivity contribution in [3.63, 3.8) is 0 Å². The lowest BCUT2D eigenvalue weighted by Crippen LogP contribution is -2.29. The van der Waals surface area contributed by atoms with Gasteiger partial charge >= 0.3 is 8.60 Å². The Kier molecular flexibility index (Phi) is 5.63. The SMILES string of the molecule is CC(C)(C)OP(OC(C)(C)C)O[Si](C)(C)C. The molecule has 5 heteroatoms. The first-order valence-electron chi connectivity index (χ1n) is 5.66. The number of hydrogen-bond donors (Lipinski definition) is 0. The van der Waals surface area contributed by atoms with Crippen molar-refractivity contribution in [2.24, 2.45) is 0 Å². The molecule has 98 valence electrons. The van der Waals surface area contributed by atoms with E-state index in [0.717, 1.165) is 0 Å². The Morgan fingerprint density at radius 1 is 0.750 bits per heavy atom. The average molecular weight is 266 g/mol. The maximum absolute atomic E-state index is 5.95. The van der Waals surface area contributed by atoms with Crippen LogP contribution in [0.3, 0.4) is 0 Å². The van der Waals surface area contributed by atoms with Gasteiger partial charge in [0.15, 0.2) is 8.32 Å². The molecule has 0 radical (unpaired) electrons. The lowest BCUT2D eigenvalue weighted by Gasteiger charge is -2.33. The third-order valence-electron chi connectivity index (χ3n) is 1.05. The molecule has 0 heterocycles. The summed E-state index contributed by atoms with van der Waals surface area (Å²) in [6.07, 6.45) is 0. The van der Waals surface area contributed by atoms with Gasteiger partial charge in [-0.1, -0.05) is 0 Å². The summed E-state index contributed by atoms with van der Waals surface area (Å²) in [6.45, 7) is 18.5. The van der Waals surface area contributed by atoms with Gasteiger partial charge in [-0.25, -0.2) is 0 Å². The molecule has 0 aliphatic carbocycles. The van der Waals surface area contributed by atoms with Gasteiger partial charge in [0, 0.05) is 0 Å². The summed E-state index contributed by atoms with van der Waals surface area (Å²) in [5.74, 6) is 0. The fourth-order valence-corrected chi connectivity index (χ4v) is 3.75. The van der Waals surface area contributed by atoms with E-state index in [1.165, 1.54) is 0 Å². The standard InChI is InChI=1S/C11H27O3PSi/c1-10(2,3)12-15(13-11(4,5)6)14-16(7,8)9/h1-9H3. The van der Waals surface area contributed by atoms with Crippen LogP contribution in [0.5, 0.6) is 0 Å². The Balaban J connectivity index is 4.53. The summed E-state index contributed by atoms with van der Waals surface area (Å²) in [6, 6.07) is 0. The van der Waals surface area contributed by atoms with E-state index in [0.29, 0.717) is 0 Å². The van der Waals surface area contributed by atoms with Crippen LogP contribution in [0.2, 0.25) is 19.6 Å². The minimum Gasteiger partial charge on any atom is -0.354 e. The van der Waals surface area contributed by atoms with Gasteiger partial charge in [0.2, 0.25) is 0 Å². The third kappa shape index (κ3) is 11.0. The van der Waals surface area contributed by atoms with E-state index in [9.17, 15) is 0 Å². The lowest BCUT2D eigenvalue weighted by atomic mass is 10.2. The third-order valence-corrected chi connectivity index (χ3v) is 5.23. The van der Waals surface area contributed by atoms with Gasteiger partial charge in [0.25, 0.3) is 0 Å². The van der Waals surface area contributed by atoms with Crippen molar-refractivity contribution < 1.29 is 13.3 Å². The zero-order chi connectivity index (χ0) is 13.2. The second-order valence-corrected chi connectivity index (χ2v) is 12.6. The highest BCUT2D eigenvalue weighted by atomic mass is 31.2. The molecule has 0 amide bonds. The van der Waals surface area contributed by atoms with Crippen LogP contribution in [0.4, 0.5) is 0 Å². The summed E-state index contributed by atoms with van der Waals surface area (Å²) < 4.78 is 17.6. The van der Waals surface area contributed by atoms with Crippen molar-refractivity contribution in [3.8, 4) is 0 Å². The molecule has 0 atom stereocenters. The average Bonchev–Trinajstić information content (AvgIpc) is 1.70. The molecule has 0 rings (SSSR count). The van der Waals surface area contributed by atoms with Gasteiger partial charge in [-0.05, 0) is 61.2 Å². The Morgan fingerprint density at radius 3 is 1.25 bits per heavy atom. The quantitative estimate of drug-likeness (QED) is 0.545. The van der Waals surface area contributed by atoms with Gasteiger partial charge in [-0.3, -0.25) is 0 Å². The highest BCUT2D eigenvalue weighted by molar-refractivity contribution is 7.43. The Hall–Kier alpha value is 0.527. The Labute approximate surface area is 103 Å². The first-order valence-corrected chi connectivity index (χ1v) is 10.2. The predicted octanol–water partition coefficient (Wildman–Crippen LogP) is 4.70. The van der Waals surface area contributed by atoms with Crippen molar-refractivity contribution in [2.75, 3.05) is 0 Å². The fraction of sp³-hybridized carbons (Fsp3) is 1.00. The maximum atomic E-state index is 5.95. The predicted molar refractivity (Wildman–Crippen MR) is 73.0 cm³/mol. The normalized spacial score (nSPS) is 14.6. The molecule has 16 heavy (non-hydrogen) atoms. The van der Waals surface area contributed by atoms with Crippen molar-refractivity contribution in [1.82, 2.24) is 0 Å². The number of hydrogen-bond acceptors (Lipinski definition) is 3. The van der Waals surface area contributed by atoms with E-state index in [4.69, 9.17) is 13.3 Å². The Bertz CT molecular complexity index is 175. The van der Waals surface area contributed by atoms with Crippen molar-refractivity contribution in [2.45, 2.75) is 72.4 Å². The molecular formula is C11H27O3PSi. The van der Waals surface area contributed by atoms with Crippen LogP contribution in [0, 0.1) is 0 Å². The van der Waals surface area contributed by atoms with Crippen LogP contribution >= 0.6 is 8.60 Å². The number of rotatable bonds is 4. The van der Waals surface area contributed by atoms with Gasteiger partial charge in [-0.15, -0.1) is 0 Å². The summed E-state index contributed by atoms with van der Waals surface area (Å²) in [4.78, 5) is 0. The summed E-state index contributed by atoms with van der Waals surface area (Å²) >= 11 is 0. The summed E-state index contributed by atoms with van der Waals surface area (Å²) in [5, 5.41) is 0. The molecule has 0 saturated heterocycles. The summed E-state index contributed by atoms with van der Waals surface area (Å²) in [7, 11) is -2.90. The molecular weight excluding hydrogens is 239 g/mol. The van der Waals surface area contributed by atoms with E-state index >= 15 is 0 Å². The molecule has 0 aromatic carbocycles. The van der Waals surface area contributed by atoms with Crippen LogP contribution in [0.25, 0.3) is 0 Å². The smallest absolute Gasteiger partial charge is 0.322 e. The van der Waals surface area contributed by atoms with Gasteiger partial charge < -0.3 is 13.3 Å². The van der Waals surface area contributed by atoms with Crippen LogP contribution in [-0.4, -0.2) is 19.5 Å². The van der Waals surface area contributed by atoms with E-state index < -0.39 is 16.9 Å². The molecule has 0 saturated carbocycles. The molecule has 0 spiro atoms. The van der Waals surface area contributed by atoms with Gasteiger partial charge in [0.1, 0.15) is 0 Å². The zero-order valence-electron chi connectivity index (χ0n) is 12.2. The van der Waals surface area contributed by atoms with E-state index in [-0.39, 0.29) is 11.2 Å². The van der Waals surface area contributed by atoms with Gasteiger partial charge in [-0.2, -0.15) is 0 Å². The summed E-state index contributed by atoms with van der Waals surface area (Å²) in [5.41, 5.74) is -0.479. The topological polar surface area (TPSA) is 27.7 Å². The van der Waals surface area contributed by atoms with Crippen molar-refractivity contribution in [3.05, 3.63) is 0 Å². The largest absolute Gasteiger partial charge is 0.354 e. The molecule has 0 bridgehead atoms. The van der Waals surface area contributed by atoms with Crippen molar-refractivity contribution >= 4 is 16.9 Å². The van der Waals surface area contributed by atoms with E-state index in [1.54, 1.807) is 0 Å². The molecule has 0 aromatic rings. The molecule has 0 unspecified atom stereocenters. The highest BCUT2D eigenvalue weighted by Gasteiger charge is 2.31. The van der Waals surface area contributed by atoms with Crippen molar-refractivity contribution in [1.29, 1.82) is 0 Å². The van der Waals surface area contributed by atoms with E-state index in [1.807, 2.05) is 41.5 Å². The first-order chi connectivity index (χ1) is 6.79. The monoisotopic (exact) mass is 266 g/mol. The lowest BCUT2D eigenvalue weighted by molar-refractivity contribution is 0.0496. The zero-order valence-corrected chi connectivity index (χ0v) is 14.1. The van der Waals surface area contributed by atoms with Crippen LogP contribution in [0.15, 0.2) is 0 Å². The second kappa shape index (κ2) is 5.45. The molecule has 0 aromatic heterocycles.